The van der Waals surface area contributed by atoms with Gasteiger partial charge in [0.2, 0.25) is 0 Å². The van der Waals surface area contributed by atoms with Gasteiger partial charge in [0.25, 0.3) is 11.5 Å². The van der Waals surface area contributed by atoms with Crippen molar-refractivity contribution in [3.8, 4) is 17.5 Å². The molecule has 41 heavy (non-hydrogen) atoms. The van der Waals surface area contributed by atoms with Gasteiger partial charge in [0.15, 0.2) is 5.65 Å². The summed E-state index contributed by atoms with van der Waals surface area (Å²) in [4.78, 5) is 36.7. The smallest absolute Gasteiger partial charge is 0.267 e. The van der Waals surface area contributed by atoms with Crippen molar-refractivity contribution in [1.29, 1.82) is 0 Å². The number of nitrogens with one attached hydrogen (secondary N) is 1. The first kappa shape index (κ1) is 25.6. The average Bonchev–Trinajstić information content (AvgIpc) is 3.53. The van der Waals surface area contributed by atoms with E-state index in [2.05, 4.69) is 32.3 Å². The number of benzene rings is 2. The van der Waals surface area contributed by atoms with Crippen LogP contribution >= 0.6 is 0 Å². The molecule has 6 rings (SSSR count). The molecule has 0 spiro atoms. The molecule has 1 atom stereocenters. The second-order valence-electron chi connectivity index (χ2n) is 9.48. The molecular weight excluding hydrogens is 523 g/mol. The number of fused-ring (bicyclic) bond motifs is 2. The van der Waals surface area contributed by atoms with Crippen LogP contribution in [0.2, 0.25) is 0 Å². The third kappa shape index (κ3) is 4.72. The molecule has 0 saturated carbocycles. The summed E-state index contributed by atoms with van der Waals surface area (Å²) >= 11 is 0. The molecule has 0 unspecified atom stereocenters. The summed E-state index contributed by atoms with van der Waals surface area (Å²) in [5, 5.41) is 11.7. The minimum Gasteiger partial charge on any atom is -0.342 e. The van der Waals surface area contributed by atoms with Gasteiger partial charge < -0.3 is 5.32 Å². The number of carbonyl (C=O) groups excluding carboxylic acids is 1. The standard InChI is InChI=1S/C30H23FN8O2/c1-18-25(28-32-14-5-15-38(28)36-18)29(40)34-19(2)27-35-24-7-4-6-21(9-8-20-16-33-37(3)17-20)26(24)30(41)39(27)23-12-10-22(31)11-13-23/h4-7,10-17,19H,1-3H3,(H,34,40)/t19-/m1/s1. The van der Waals surface area contributed by atoms with Gasteiger partial charge in [-0.25, -0.2) is 18.9 Å². The summed E-state index contributed by atoms with van der Waals surface area (Å²) in [6.07, 6.45) is 6.71. The SMILES string of the molecule is Cc1nn2cccnc2c1C(=O)N[C@H](C)c1nc2cccc(C#Cc3cnn(C)c3)c2c(=O)n1-c1ccc(F)cc1. The number of carbonyl (C=O) groups is 1. The molecule has 0 saturated heterocycles. The Morgan fingerprint density at radius 1 is 1.10 bits per heavy atom. The molecule has 0 aliphatic carbocycles. The number of aryl methyl sites for hydroxylation is 2. The second-order valence-corrected chi connectivity index (χ2v) is 9.48. The zero-order valence-electron chi connectivity index (χ0n) is 22.3. The zero-order valence-corrected chi connectivity index (χ0v) is 22.3. The van der Waals surface area contributed by atoms with Crippen molar-refractivity contribution in [3.05, 3.63) is 118 Å². The van der Waals surface area contributed by atoms with E-state index in [1.54, 1.807) is 74.6 Å². The first-order chi connectivity index (χ1) is 19.8. The van der Waals surface area contributed by atoms with Crippen molar-refractivity contribution in [2.24, 2.45) is 7.05 Å². The molecule has 2 aromatic carbocycles. The summed E-state index contributed by atoms with van der Waals surface area (Å²) in [5.74, 6) is 5.51. The molecule has 202 valence electrons. The Morgan fingerprint density at radius 3 is 2.66 bits per heavy atom. The van der Waals surface area contributed by atoms with Gasteiger partial charge >= 0.3 is 0 Å². The molecule has 0 radical (unpaired) electrons. The van der Waals surface area contributed by atoms with Crippen molar-refractivity contribution in [2.45, 2.75) is 19.9 Å². The third-order valence-electron chi connectivity index (χ3n) is 6.59. The van der Waals surface area contributed by atoms with Crippen molar-refractivity contribution in [2.75, 3.05) is 0 Å². The summed E-state index contributed by atoms with van der Waals surface area (Å²) in [7, 11) is 1.79. The van der Waals surface area contributed by atoms with E-state index in [1.165, 1.54) is 33.3 Å². The van der Waals surface area contributed by atoms with Gasteiger partial charge in [-0.2, -0.15) is 10.2 Å². The second kappa shape index (κ2) is 10.2. The number of amides is 1. The van der Waals surface area contributed by atoms with Crippen molar-refractivity contribution in [3.63, 3.8) is 0 Å². The molecule has 1 amide bonds. The fraction of sp³-hybridized carbons (Fsp3) is 0.133. The molecule has 4 aromatic heterocycles. The van der Waals surface area contributed by atoms with Crippen LogP contribution in [0.5, 0.6) is 0 Å². The summed E-state index contributed by atoms with van der Waals surface area (Å²) in [5.41, 5.74) is 2.82. The highest BCUT2D eigenvalue weighted by Gasteiger charge is 2.24. The molecule has 10 nitrogen and oxygen atoms in total. The van der Waals surface area contributed by atoms with E-state index in [1.807, 2.05) is 0 Å². The Bertz CT molecular complexity index is 2080. The van der Waals surface area contributed by atoms with Crippen LogP contribution in [0.3, 0.4) is 0 Å². The third-order valence-corrected chi connectivity index (χ3v) is 6.59. The van der Waals surface area contributed by atoms with Gasteiger partial charge in [-0.3, -0.25) is 18.8 Å². The van der Waals surface area contributed by atoms with E-state index in [4.69, 9.17) is 4.98 Å². The van der Waals surface area contributed by atoms with Gasteiger partial charge in [-0.05, 0) is 56.3 Å². The number of halogens is 1. The van der Waals surface area contributed by atoms with Gasteiger partial charge in [0.05, 0.1) is 40.1 Å². The average molecular weight is 547 g/mol. The summed E-state index contributed by atoms with van der Waals surface area (Å²) in [6, 6.07) is 11.7. The first-order valence-corrected chi connectivity index (χ1v) is 12.7. The number of hydrogen-bond donors (Lipinski definition) is 1. The lowest BCUT2D eigenvalue weighted by atomic mass is 10.1. The predicted octanol–water partition coefficient (Wildman–Crippen LogP) is 3.50. The Morgan fingerprint density at radius 2 is 1.90 bits per heavy atom. The summed E-state index contributed by atoms with van der Waals surface area (Å²) in [6.45, 7) is 3.46. The van der Waals surface area contributed by atoms with Gasteiger partial charge in [-0.1, -0.05) is 17.9 Å². The molecule has 0 aliphatic heterocycles. The number of aromatic nitrogens is 7. The Hall–Kier alpha value is -5.63. The Balaban J connectivity index is 1.49. The lowest BCUT2D eigenvalue weighted by molar-refractivity contribution is 0.0938. The van der Waals surface area contributed by atoms with E-state index in [0.29, 0.717) is 44.6 Å². The van der Waals surface area contributed by atoms with Gasteiger partial charge in [0.1, 0.15) is 17.2 Å². The lowest BCUT2D eigenvalue weighted by Crippen LogP contribution is -2.33. The number of hydrogen-bond acceptors (Lipinski definition) is 6. The molecule has 1 N–H and O–H groups in total. The fourth-order valence-electron chi connectivity index (χ4n) is 4.70. The largest absolute Gasteiger partial charge is 0.342 e. The number of rotatable bonds is 4. The first-order valence-electron chi connectivity index (χ1n) is 12.7. The van der Waals surface area contributed by atoms with Gasteiger partial charge in [0, 0.05) is 31.2 Å². The van der Waals surface area contributed by atoms with Crippen molar-refractivity contribution < 1.29 is 9.18 Å². The molecule has 6 aromatic rings. The minimum atomic E-state index is -0.729. The van der Waals surface area contributed by atoms with E-state index in [0.717, 1.165) is 0 Å². The van der Waals surface area contributed by atoms with Crippen LogP contribution in [0.1, 0.15) is 46.0 Å². The highest BCUT2D eigenvalue weighted by Crippen LogP contribution is 2.22. The van der Waals surface area contributed by atoms with Crippen molar-refractivity contribution >= 4 is 22.5 Å². The maximum absolute atomic E-state index is 14.1. The minimum absolute atomic E-state index is 0.266. The molecule has 4 heterocycles. The monoisotopic (exact) mass is 546 g/mol. The van der Waals surface area contributed by atoms with Crippen LogP contribution in [0.25, 0.3) is 22.2 Å². The molecule has 0 bridgehead atoms. The molecule has 11 heteroatoms. The van der Waals surface area contributed by atoms with Crippen LogP contribution in [0.15, 0.2) is 78.1 Å². The normalized spacial score (nSPS) is 11.8. The van der Waals surface area contributed by atoms with Crippen LogP contribution in [-0.4, -0.2) is 39.8 Å². The van der Waals surface area contributed by atoms with E-state index < -0.39 is 23.3 Å². The van der Waals surface area contributed by atoms with Gasteiger partial charge in [-0.15, -0.1) is 0 Å². The van der Waals surface area contributed by atoms with Crippen LogP contribution in [0.4, 0.5) is 4.39 Å². The zero-order chi connectivity index (χ0) is 28.7. The molecule has 0 aliphatic rings. The fourth-order valence-corrected chi connectivity index (χ4v) is 4.70. The molecule has 0 fully saturated rings. The Kier molecular flexibility index (Phi) is 6.35. The predicted molar refractivity (Wildman–Crippen MR) is 150 cm³/mol. The van der Waals surface area contributed by atoms with E-state index in [9.17, 15) is 14.0 Å². The topological polar surface area (TPSA) is 112 Å². The maximum atomic E-state index is 14.1. The summed E-state index contributed by atoms with van der Waals surface area (Å²) < 4.78 is 18.4. The maximum Gasteiger partial charge on any atom is 0.267 e. The number of nitrogens with zero attached hydrogens (tertiary/aromatic N) is 7. The molecular formula is C30H23FN8O2. The van der Waals surface area contributed by atoms with Crippen LogP contribution < -0.4 is 10.9 Å². The highest BCUT2D eigenvalue weighted by atomic mass is 19.1. The quantitative estimate of drug-likeness (QED) is 0.339. The van der Waals surface area contributed by atoms with Crippen LogP contribution in [0, 0.1) is 24.6 Å². The van der Waals surface area contributed by atoms with E-state index in [-0.39, 0.29) is 5.82 Å². The van der Waals surface area contributed by atoms with E-state index >= 15 is 0 Å². The van der Waals surface area contributed by atoms with Crippen molar-refractivity contribution in [1.82, 2.24) is 39.2 Å². The highest BCUT2D eigenvalue weighted by molar-refractivity contribution is 6.01. The Labute approximate surface area is 233 Å². The lowest BCUT2D eigenvalue weighted by Gasteiger charge is -2.20. The van der Waals surface area contributed by atoms with Crippen LogP contribution in [-0.2, 0) is 7.05 Å².